The zero-order valence-corrected chi connectivity index (χ0v) is 20.6. The van der Waals surface area contributed by atoms with Crippen molar-refractivity contribution in [1.29, 1.82) is 0 Å². The predicted octanol–water partition coefficient (Wildman–Crippen LogP) is 5.60. The van der Waals surface area contributed by atoms with Gasteiger partial charge >= 0.3 is 12.3 Å². The third kappa shape index (κ3) is 6.23. The van der Waals surface area contributed by atoms with Gasteiger partial charge in [-0.1, -0.05) is 6.07 Å². The number of benzene rings is 2. The third-order valence-electron chi connectivity index (χ3n) is 6.38. The van der Waals surface area contributed by atoms with Crippen molar-refractivity contribution in [3.05, 3.63) is 77.0 Å². The molecule has 0 aliphatic heterocycles. The van der Waals surface area contributed by atoms with E-state index in [9.17, 15) is 27.9 Å². The summed E-state index contributed by atoms with van der Waals surface area (Å²) >= 11 is 0. The molecule has 4 rings (SSSR count). The first-order valence-corrected chi connectivity index (χ1v) is 12.1. The molecular formula is C27H27F3N4O4. The Morgan fingerprint density at radius 1 is 1.13 bits per heavy atom. The fourth-order valence-electron chi connectivity index (χ4n) is 4.45. The second-order valence-electron chi connectivity index (χ2n) is 8.96. The van der Waals surface area contributed by atoms with Gasteiger partial charge in [-0.15, -0.1) is 0 Å². The van der Waals surface area contributed by atoms with Gasteiger partial charge in [0.15, 0.2) is 0 Å². The van der Waals surface area contributed by atoms with Crippen LogP contribution in [-0.4, -0.2) is 28.6 Å². The summed E-state index contributed by atoms with van der Waals surface area (Å²) in [6.07, 6.45) is -2.64. The highest BCUT2D eigenvalue weighted by atomic mass is 19.4. The summed E-state index contributed by atoms with van der Waals surface area (Å²) in [7, 11) is 0. The number of anilines is 2. The second-order valence-corrected chi connectivity index (χ2v) is 8.96. The van der Waals surface area contributed by atoms with E-state index in [4.69, 9.17) is 10.5 Å². The molecule has 0 saturated carbocycles. The number of alkyl halides is 3. The fourth-order valence-corrected chi connectivity index (χ4v) is 4.45. The van der Waals surface area contributed by atoms with Crippen LogP contribution in [0.25, 0.3) is 0 Å². The lowest BCUT2D eigenvalue weighted by atomic mass is 9.83. The van der Waals surface area contributed by atoms with Crippen molar-refractivity contribution in [2.45, 2.75) is 38.9 Å². The summed E-state index contributed by atoms with van der Waals surface area (Å²) in [6, 6.07) is 12.0. The molecule has 0 spiro atoms. The van der Waals surface area contributed by atoms with Gasteiger partial charge in [0.05, 0.1) is 5.56 Å². The van der Waals surface area contributed by atoms with Crippen LogP contribution in [0.5, 0.6) is 11.5 Å². The molecular weight excluding hydrogens is 501 g/mol. The highest BCUT2D eigenvalue weighted by Crippen LogP contribution is 2.34. The molecule has 1 aliphatic carbocycles. The number of nitrogens with zero attached hydrogens (tertiary/aromatic N) is 2. The molecule has 11 heteroatoms. The van der Waals surface area contributed by atoms with Crippen molar-refractivity contribution in [1.82, 2.24) is 4.98 Å². The molecule has 1 aromatic heterocycles. The van der Waals surface area contributed by atoms with Crippen molar-refractivity contribution in [2.75, 3.05) is 16.8 Å². The van der Waals surface area contributed by atoms with Crippen molar-refractivity contribution in [3.8, 4) is 11.5 Å². The van der Waals surface area contributed by atoms with Gasteiger partial charge in [-0.2, -0.15) is 13.2 Å². The number of aryl methyl sites for hydroxylation is 1. The Morgan fingerprint density at radius 2 is 1.89 bits per heavy atom. The molecule has 1 heterocycles. The molecule has 1 atom stereocenters. The Labute approximate surface area is 217 Å². The molecule has 0 saturated heterocycles. The number of hydrogen-bond acceptors (Lipinski definition) is 5. The van der Waals surface area contributed by atoms with Crippen LogP contribution < -0.4 is 20.7 Å². The first-order valence-electron chi connectivity index (χ1n) is 12.1. The van der Waals surface area contributed by atoms with E-state index in [1.807, 2.05) is 12.1 Å². The van der Waals surface area contributed by atoms with Crippen molar-refractivity contribution < 1.29 is 32.6 Å². The standard InChI is InChI=1S/C27H27F3N4O4/c1-2-34(26(36)37)24-14-23(7-8-32-24)38-22-6-5-17-3-4-18(11-19(17)12-22)25(35)33-21-10-16(15-31)9-20(13-21)27(28,29)30/h5-10,12-14,18H,2-4,11,15,31H2,1H3,(H,33,35)(H,36,37). The lowest BCUT2D eigenvalue weighted by Gasteiger charge is -2.25. The molecule has 1 unspecified atom stereocenters. The molecule has 38 heavy (non-hydrogen) atoms. The molecule has 0 radical (unpaired) electrons. The molecule has 0 bridgehead atoms. The maximum Gasteiger partial charge on any atom is 0.416 e. The lowest BCUT2D eigenvalue weighted by molar-refractivity contribution is -0.137. The Balaban J connectivity index is 1.48. The minimum Gasteiger partial charge on any atom is -0.465 e. The van der Waals surface area contributed by atoms with Crippen LogP contribution in [-0.2, 0) is 30.4 Å². The van der Waals surface area contributed by atoms with E-state index in [0.29, 0.717) is 30.8 Å². The van der Waals surface area contributed by atoms with Crippen LogP contribution in [0.3, 0.4) is 0 Å². The lowest BCUT2D eigenvalue weighted by Crippen LogP contribution is -2.29. The largest absolute Gasteiger partial charge is 0.465 e. The Kier molecular flexibility index (Phi) is 7.86. The zero-order chi connectivity index (χ0) is 27.4. The minimum absolute atomic E-state index is 0.0594. The Bertz CT molecular complexity index is 1350. The third-order valence-corrected chi connectivity index (χ3v) is 6.38. The smallest absolute Gasteiger partial charge is 0.416 e. The number of nitrogens with two attached hydrogens (primary N) is 1. The number of halogens is 3. The molecule has 3 aromatic rings. The summed E-state index contributed by atoms with van der Waals surface area (Å²) in [5.41, 5.74) is 6.97. The normalized spacial score (nSPS) is 14.9. The van der Waals surface area contributed by atoms with Gasteiger partial charge in [-0.25, -0.2) is 9.78 Å². The Hall–Kier alpha value is -4.12. The van der Waals surface area contributed by atoms with Crippen LogP contribution in [0.4, 0.5) is 29.5 Å². The number of carbonyl (C=O) groups is 2. The van der Waals surface area contributed by atoms with Gasteiger partial charge in [0.1, 0.15) is 17.3 Å². The van der Waals surface area contributed by atoms with Gasteiger partial charge in [-0.3, -0.25) is 9.69 Å². The van der Waals surface area contributed by atoms with E-state index in [1.165, 1.54) is 18.3 Å². The monoisotopic (exact) mass is 528 g/mol. The van der Waals surface area contributed by atoms with Gasteiger partial charge in [-0.05, 0) is 79.3 Å². The molecule has 4 N–H and O–H groups in total. The van der Waals surface area contributed by atoms with Crippen LogP contribution in [0.2, 0.25) is 0 Å². The van der Waals surface area contributed by atoms with E-state index >= 15 is 0 Å². The SMILES string of the molecule is CCN(C(=O)O)c1cc(Oc2ccc3c(c2)CC(C(=O)Nc2cc(CN)cc(C(F)(F)F)c2)CC3)ccn1. The molecule has 8 nitrogen and oxygen atoms in total. The van der Waals surface area contributed by atoms with Crippen molar-refractivity contribution in [3.63, 3.8) is 0 Å². The van der Waals surface area contributed by atoms with E-state index < -0.39 is 23.8 Å². The minimum atomic E-state index is -4.55. The summed E-state index contributed by atoms with van der Waals surface area (Å²) in [5, 5.41) is 12.0. The average Bonchev–Trinajstić information content (AvgIpc) is 2.88. The number of rotatable bonds is 7. The number of ether oxygens (including phenoxy) is 1. The highest BCUT2D eigenvalue weighted by molar-refractivity contribution is 5.93. The molecule has 200 valence electrons. The first kappa shape index (κ1) is 26.9. The first-order chi connectivity index (χ1) is 18.1. The van der Waals surface area contributed by atoms with Crippen LogP contribution in [0.1, 0.15) is 35.6 Å². The van der Waals surface area contributed by atoms with Gasteiger partial charge in [0.25, 0.3) is 0 Å². The van der Waals surface area contributed by atoms with Gasteiger partial charge in [0, 0.05) is 37.0 Å². The summed E-state index contributed by atoms with van der Waals surface area (Å²) < 4.78 is 45.7. The summed E-state index contributed by atoms with van der Waals surface area (Å²) in [4.78, 5) is 29.6. The fraction of sp³-hybridized carbons (Fsp3) is 0.296. The van der Waals surface area contributed by atoms with E-state index in [2.05, 4.69) is 10.3 Å². The topological polar surface area (TPSA) is 118 Å². The number of pyridine rings is 1. The summed E-state index contributed by atoms with van der Waals surface area (Å²) in [5.74, 6) is 0.344. The molecule has 2 amide bonds. The van der Waals surface area contributed by atoms with Crippen LogP contribution >= 0.6 is 0 Å². The van der Waals surface area contributed by atoms with E-state index in [1.54, 1.807) is 19.1 Å². The maximum absolute atomic E-state index is 13.3. The van der Waals surface area contributed by atoms with E-state index in [-0.39, 0.29) is 36.1 Å². The number of amides is 2. The molecule has 1 aliphatic rings. The van der Waals surface area contributed by atoms with Crippen LogP contribution in [0, 0.1) is 5.92 Å². The predicted molar refractivity (Wildman–Crippen MR) is 135 cm³/mol. The quantitative estimate of drug-likeness (QED) is 0.368. The number of fused-ring (bicyclic) bond motifs is 1. The second kappa shape index (κ2) is 11.1. The maximum atomic E-state index is 13.3. The molecule has 2 aromatic carbocycles. The summed E-state index contributed by atoms with van der Waals surface area (Å²) in [6.45, 7) is 1.84. The Morgan fingerprint density at radius 3 is 2.58 bits per heavy atom. The van der Waals surface area contributed by atoms with Gasteiger partial charge < -0.3 is 20.9 Å². The number of hydrogen-bond donors (Lipinski definition) is 3. The number of carbonyl (C=O) groups excluding carboxylic acids is 1. The molecule has 0 fully saturated rings. The number of nitrogens with one attached hydrogen (secondary N) is 1. The van der Waals surface area contributed by atoms with E-state index in [0.717, 1.165) is 28.2 Å². The average molecular weight is 529 g/mol. The van der Waals surface area contributed by atoms with Crippen molar-refractivity contribution >= 4 is 23.5 Å². The van der Waals surface area contributed by atoms with Gasteiger partial charge in [0.2, 0.25) is 5.91 Å². The number of aromatic nitrogens is 1. The highest BCUT2D eigenvalue weighted by Gasteiger charge is 2.32. The number of carboxylic acid groups (broad SMARTS) is 1. The zero-order valence-electron chi connectivity index (χ0n) is 20.6. The van der Waals surface area contributed by atoms with Crippen LogP contribution in [0.15, 0.2) is 54.7 Å². The van der Waals surface area contributed by atoms with Crippen molar-refractivity contribution in [2.24, 2.45) is 11.7 Å².